The van der Waals surface area contributed by atoms with Crippen molar-refractivity contribution in [2.24, 2.45) is 0 Å². The highest BCUT2D eigenvalue weighted by atomic mass is 16.9. The van der Waals surface area contributed by atoms with Crippen LogP contribution in [0.1, 0.15) is 105 Å². The number of hydrogen-bond acceptors (Lipinski definition) is 3. The summed E-state index contributed by atoms with van der Waals surface area (Å²) in [6.07, 6.45) is 19.7. The Morgan fingerprint density at radius 2 is 1.00 bits per heavy atom. The van der Waals surface area contributed by atoms with Crippen molar-refractivity contribution in [2.45, 2.75) is 111 Å². The maximum atomic E-state index is 5.77. The van der Waals surface area contributed by atoms with E-state index < -0.39 is 5.97 Å². The van der Waals surface area contributed by atoms with Crippen molar-refractivity contribution in [3.63, 3.8) is 0 Å². The SMILES string of the molecule is CCCCC=CCCCCCCCCCC(OCC)(OCC)OCC. The van der Waals surface area contributed by atoms with E-state index in [0.717, 1.165) is 12.8 Å². The zero-order valence-corrected chi connectivity index (χ0v) is 17.5. The summed E-state index contributed by atoms with van der Waals surface area (Å²) >= 11 is 0. The van der Waals surface area contributed by atoms with Gasteiger partial charge in [0.1, 0.15) is 0 Å². The second-order valence-electron chi connectivity index (χ2n) is 6.61. The summed E-state index contributed by atoms with van der Waals surface area (Å²) in [4.78, 5) is 0. The molecular weight excluding hydrogens is 312 g/mol. The Morgan fingerprint density at radius 1 is 0.560 bits per heavy atom. The number of ether oxygens (including phenoxy) is 3. The number of unbranched alkanes of at least 4 members (excludes halogenated alkanes) is 9. The van der Waals surface area contributed by atoms with Crippen molar-refractivity contribution >= 4 is 0 Å². The van der Waals surface area contributed by atoms with Crippen LogP contribution in [0.3, 0.4) is 0 Å². The van der Waals surface area contributed by atoms with Crippen molar-refractivity contribution < 1.29 is 14.2 Å². The van der Waals surface area contributed by atoms with E-state index >= 15 is 0 Å². The van der Waals surface area contributed by atoms with Gasteiger partial charge in [-0.2, -0.15) is 0 Å². The van der Waals surface area contributed by atoms with Crippen LogP contribution >= 0.6 is 0 Å². The third kappa shape index (κ3) is 14.5. The molecule has 0 aromatic heterocycles. The topological polar surface area (TPSA) is 27.7 Å². The molecule has 3 heteroatoms. The van der Waals surface area contributed by atoms with E-state index in [0.29, 0.717) is 19.8 Å². The van der Waals surface area contributed by atoms with Gasteiger partial charge in [-0.25, -0.2) is 0 Å². The van der Waals surface area contributed by atoms with E-state index in [-0.39, 0.29) is 0 Å². The van der Waals surface area contributed by atoms with Crippen LogP contribution in [0.5, 0.6) is 0 Å². The highest BCUT2D eigenvalue weighted by Gasteiger charge is 2.31. The first kappa shape index (κ1) is 24.6. The molecule has 0 atom stereocenters. The third-order valence-electron chi connectivity index (χ3n) is 4.34. The highest BCUT2D eigenvalue weighted by molar-refractivity contribution is 4.81. The van der Waals surface area contributed by atoms with Gasteiger partial charge >= 0.3 is 0 Å². The molecule has 25 heavy (non-hydrogen) atoms. The normalized spacial score (nSPS) is 12.3. The van der Waals surface area contributed by atoms with Gasteiger partial charge in [-0.1, -0.05) is 64.0 Å². The van der Waals surface area contributed by atoms with E-state index in [4.69, 9.17) is 14.2 Å². The molecule has 0 aliphatic heterocycles. The fourth-order valence-electron chi connectivity index (χ4n) is 3.05. The van der Waals surface area contributed by atoms with Crippen molar-refractivity contribution in [2.75, 3.05) is 19.8 Å². The average molecular weight is 357 g/mol. The molecule has 0 heterocycles. The van der Waals surface area contributed by atoms with Crippen LogP contribution in [0.15, 0.2) is 12.2 Å². The molecule has 0 bridgehead atoms. The van der Waals surface area contributed by atoms with Crippen LogP contribution in [-0.4, -0.2) is 25.8 Å². The first-order valence-electron chi connectivity index (χ1n) is 10.8. The Labute approximate surface area is 157 Å². The Bertz CT molecular complexity index is 272. The maximum Gasteiger partial charge on any atom is 0.282 e. The summed E-state index contributed by atoms with van der Waals surface area (Å²) < 4.78 is 17.3. The molecule has 0 amide bonds. The standard InChI is InChI=1S/C22H44O3/c1-5-9-10-11-12-13-14-15-16-17-18-19-20-21-22(23-6-2,24-7-3)25-8-4/h11-12H,5-10,13-21H2,1-4H3. The minimum atomic E-state index is -0.817. The zero-order chi connectivity index (χ0) is 18.6. The van der Waals surface area contributed by atoms with Crippen LogP contribution in [-0.2, 0) is 14.2 Å². The summed E-state index contributed by atoms with van der Waals surface area (Å²) in [5.74, 6) is -0.817. The van der Waals surface area contributed by atoms with Gasteiger partial charge in [-0.05, 0) is 46.5 Å². The summed E-state index contributed by atoms with van der Waals surface area (Å²) in [6, 6.07) is 0. The lowest BCUT2D eigenvalue weighted by Gasteiger charge is -2.32. The molecule has 0 spiro atoms. The summed E-state index contributed by atoms with van der Waals surface area (Å²) in [5.41, 5.74) is 0. The van der Waals surface area contributed by atoms with Crippen LogP contribution < -0.4 is 0 Å². The van der Waals surface area contributed by atoms with Crippen molar-refractivity contribution in [3.05, 3.63) is 12.2 Å². The lowest BCUT2D eigenvalue weighted by Crippen LogP contribution is -2.39. The van der Waals surface area contributed by atoms with Crippen LogP contribution in [0.2, 0.25) is 0 Å². The van der Waals surface area contributed by atoms with Crippen LogP contribution in [0, 0.1) is 0 Å². The Balaban J connectivity index is 3.64. The van der Waals surface area contributed by atoms with Gasteiger partial charge in [0.25, 0.3) is 5.97 Å². The van der Waals surface area contributed by atoms with E-state index in [1.54, 1.807) is 0 Å². The number of rotatable bonds is 19. The molecule has 0 rings (SSSR count). The van der Waals surface area contributed by atoms with Gasteiger partial charge in [0, 0.05) is 26.2 Å². The molecule has 0 aliphatic carbocycles. The quantitative estimate of drug-likeness (QED) is 0.141. The zero-order valence-electron chi connectivity index (χ0n) is 17.5. The molecule has 0 unspecified atom stereocenters. The molecule has 0 saturated carbocycles. The second kappa shape index (κ2) is 18.4. The summed E-state index contributed by atoms with van der Waals surface area (Å²) in [5, 5.41) is 0. The lowest BCUT2D eigenvalue weighted by atomic mass is 10.1. The molecule has 0 N–H and O–H groups in total. The minimum Gasteiger partial charge on any atom is -0.328 e. The van der Waals surface area contributed by atoms with E-state index in [9.17, 15) is 0 Å². The molecule has 150 valence electrons. The number of allylic oxidation sites excluding steroid dienone is 2. The van der Waals surface area contributed by atoms with Gasteiger partial charge < -0.3 is 14.2 Å². The lowest BCUT2D eigenvalue weighted by molar-refractivity contribution is -0.380. The molecule has 0 aliphatic rings. The molecule has 3 nitrogen and oxygen atoms in total. The van der Waals surface area contributed by atoms with E-state index in [1.807, 2.05) is 20.8 Å². The van der Waals surface area contributed by atoms with Gasteiger partial charge in [0.2, 0.25) is 0 Å². The molecule has 0 aromatic rings. The summed E-state index contributed by atoms with van der Waals surface area (Å²) in [6.45, 7) is 10.1. The monoisotopic (exact) mass is 356 g/mol. The van der Waals surface area contributed by atoms with Gasteiger partial charge in [0.15, 0.2) is 0 Å². The fourth-order valence-corrected chi connectivity index (χ4v) is 3.05. The fraction of sp³-hybridized carbons (Fsp3) is 0.909. The van der Waals surface area contributed by atoms with Crippen molar-refractivity contribution in [1.29, 1.82) is 0 Å². The third-order valence-corrected chi connectivity index (χ3v) is 4.34. The van der Waals surface area contributed by atoms with E-state index in [2.05, 4.69) is 19.1 Å². The molecule has 0 fully saturated rings. The minimum absolute atomic E-state index is 0.618. The van der Waals surface area contributed by atoms with Crippen LogP contribution in [0.25, 0.3) is 0 Å². The predicted octanol–water partition coefficient (Wildman–Crippen LogP) is 7.01. The number of hydrogen-bond donors (Lipinski definition) is 0. The van der Waals surface area contributed by atoms with Gasteiger partial charge in [0.05, 0.1) is 0 Å². The highest BCUT2D eigenvalue weighted by Crippen LogP contribution is 2.24. The molecule has 0 radical (unpaired) electrons. The molecular formula is C22H44O3. The van der Waals surface area contributed by atoms with E-state index in [1.165, 1.54) is 64.2 Å². The molecule has 0 saturated heterocycles. The average Bonchev–Trinajstić information content (AvgIpc) is 2.60. The smallest absolute Gasteiger partial charge is 0.282 e. The van der Waals surface area contributed by atoms with Crippen molar-refractivity contribution in [3.8, 4) is 0 Å². The largest absolute Gasteiger partial charge is 0.328 e. The van der Waals surface area contributed by atoms with Crippen LogP contribution in [0.4, 0.5) is 0 Å². The first-order chi connectivity index (χ1) is 12.2. The first-order valence-corrected chi connectivity index (χ1v) is 10.8. The maximum absolute atomic E-state index is 5.77. The molecule has 0 aromatic carbocycles. The van der Waals surface area contributed by atoms with Gasteiger partial charge in [-0.3, -0.25) is 0 Å². The Morgan fingerprint density at radius 3 is 1.48 bits per heavy atom. The summed E-state index contributed by atoms with van der Waals surface area (Å²) in [7, 11) is 0. The predicted molar refractivity (Wildman–Crippen MR) is 108 cm³/mol. The second-order valence-corrected chi connectivity index (χ2v) is 6.61. The Kier molecular flexibility index (Phi) is 18.1. The Hall–Kier alpha value is -0.380. The van der Waals surface area contributed by atoms with Crippen molar-refractivity contribution in [1.82, 2.24) is 0 Å². The van der Waals surface area contributed by atoms with Gasteiger partial charge in [-0.15, -0.1) is 0 Å².